The van der Waals surface area contributed by atoms with Crippen molar-refractivity contribution in [3.8, 4) is 5.75 Å². The topological polar surface area (TPSA) is 68.5 Å². The van der Waals surface area contributed by atoms with E-state index in [0.717, 1.165) is 12.0 Å². The smallest absolute Gasteiger partial charge is 0.406 e. The molecule has 1 aromatic heterocycles. The molecule has 0 N–H and O–H groups in total. The number of rotatable bonds is 5. The summed E-state index contributed by atoms with van der Waals surface area (Å²) in [6, 6.07) is 5.73. The Labute approximate surface area is 154 Å². The highest BCUT2D eigenvalue weighted by Gasteiger charge is 2.33. The van der Waals surface area contributed by atoms with Crippen molar-refractivity contribution < 1.29 is 27.2 Å². The van der Waals surface area contributed by atoms with Crippen LogP contribution in [-0.4, -0.2) is 40.9 Å². The van der Waals surface area contributed by atoms with Crippen LogP contribution in [0.1, 0.15) is 55.3 Å². The van der Waals surface area contributed by atoms with Crippen LogP contribution in [0.5, 0.6) is 5.75 Å². The van der Waals surface area contributed by atoms with Gasteiger partial charge in [0.2, 0.25) is 12.3 Å². The van der Waals surface area contributed by atoms with Crippen LogP contribution in [0.4, 0.5) is 13.2 Å². The largest absolute Gasteiger partial charge is 0.573 e. The highest BCUT2D eigenvalue weighted by atomic mass is 19.4. The lowest BCUT2D eigenvalue weighted by molar-refractivity contribution is -0.274. The molecule has 2 aromatic rings. The Kier molecular flexibility index (Phi) is 5.38. The summed E-state index contributed by atoms with van der Waals surface area (Å²) in [7, 11) is 0. The molecule has 1 saturated heterocycles. The van der Waals surface area contributed by atoms with Gasteiger partial charge < -0.3 is 14.2 Å². The fourth-order valence-corrected chi connectivity index (χ4v) is 3.23. The molecule has 0 radical (unpaired) electrons. The Morgan fingerprint density at radius 2 is 1.89 bits per heavy atom. The van der Waals surface area contributed by atoms with Gasteiger partial charge in [-0.05, 0) is 24.1 Å². The van der Waals surface area contributed by atoms with E-state index in [1.807, 2.05) is 13.8 Å². The molecular weight excluding hydrogens is 363 g/mol. The number of hydrogen-bond donors (Lipinski definition) is 0. The molecule has 1 fully saturated rings. The number of ether oxygens (including phenoxy) is 1. The van der Waals surface area contributed by atoms with Gasteiger partial charge >= 0.3 is 6.36 Å². The van der Waals surface area contributed by atoms with Gasteiger partial charge in [0.05, 0.1) is 5.92 Å². The number of carbonyl (C=O) groups excluding carboxylic acids is 1. The van der Waals surface area contributed by atoms with Crippen molar-refractivity contribution in [1.29, 1.82) is 0 Å². The molecule has 2 unspecified atom stereocenters. The number of benzene rings is 1. The quantitative estimate of drug-likeness (QED) is 0.734. The van der Waals surface area contributed by atoms with E-state index in [4.69, 9.17) is 4.52 Å². The fraction of sp³-hybridized carbons (Fsp3) is 0.500. The second kappa shape index (κ2) is 7.58. The first-order chi connectivity index (χ1) is 12.7. The lowest BCUT2D eigenvalue weighted by Gasteiger charge is -2.34. The van der Waals surface area contributed by atoms with Crippen LogP contribution >= 0.6 is 0 Å². The third-order valence-corrected chi connectivity index (χ3v) is 4.54. The molecule has 2 atom stereocenters. The molecule has 0 bridgehead atoms. The Morgan fingerprint density at radius 1 is 1.22 bits per heavy atom. The number of alkyl halides is 3. The Bertz CT molecular complexity index is 774. The fourth-order valence-electron chi connectivity index (χ4n) is 3.23. The van der Waals surface area contributed by atoms with E-state index in [1.54, 1.807) is 17.0 Å². The molecular formula is C18H20F3N3O3. The summed E-state index contributed by atoms with van der Waals surface area (Å²) in [5.41, 5.74) is 0.824. The van der Waals surface area contributed by atoms with Crippen molar-refractivity contribution in [3.05, 3.63) is 41.5 Å². The minimum Gasteiger partial charge on any atom is -0.406 e. The number of aromatic nitrogens is 2. The summed E-state index contributed by atoms with van der Waals surface area (Å²) in [4.78, 5) is 17.4. The number of carbonyl (C=O) groups is 1. The van der Waals surface area contributed by atoms with E-state index >= 15 is 0 Å². The second-order valence-electron chi connectivity index (χ2n) is 6.95. The summed E-state index contributed by atoms with van der Waals surface area (Å²) in [6.07, 6.45) is -3.30. The summed E-state index contributed by atoms with van der Waals surface area (Å²) < 4.78 is 46.2. The van der Waals surface area contributed by atoms with Crippen LogP contribution in [0.2, 0.25) is 0 Å². The van der Waals surface area contributed by atoms with Gasteiger partial charge in [0.1, 0.15) is 5.75 Å². The van der Waals surface area contributed by atoms with Gasteiger partial charge in [-0.15, -0.1) is 13.2 Å². The molecule has 3 rings (SSSR count). The summed E-state index contributed by atoms with van der Waals surface area (Å²) in [5.74, 6) is 0.767. The highest BCUT2D eigenvalue weighted by Crippen LogP contribution is 2.36. The Balaban J connectivity index is 1.77. The number of piperidine rings is 1. The number of halogens is 3. The average Bonchev–Trinajstić information content (AvgIpc) is 3.11. The first-order valence-electron chi connectivity index (χ1n) is 8.63. The molecule has 1 aromatic carbocycles. The third kappa shape index (κ3) is 4.78. The molecule has 6 nitrogen and oxygen atoms in total. The lowest BCUT2D eigenvalue weighted by atomic mass is 9.84. The molecule has 1 aliphatic rings. The van der Waals surface area contributed by atoms with E-state index in [-0.39, 0.29) is 23.5 Å². The van der Waals surface area contributed by atoms with Gasteiger partial charge in [-0.1, -0.05) is 31.1 Å². The van der Waals surface area contributed by atoms with Gasteiger partial charge in [-0.2, -0.15) is 4.98 Å². The van der Waals surface area contributed by atoms with E-state index in [0.29, 0.717) is 31.2 Å². The summed E-state index contributed by atoms with van der Waals surface area (Å²) in [6.45, 7) is 4.86. The van der Waals surface area contributed by atoms with Gasteiger partial charge in [0, 0.05) is 24.9 Å². The zero-order chi connectivity index (χ0) is 19.6. The molecule has 146 valence electrons. The Morgan fingerprint density at radius 3 is 2.44 bits per heavy atom. The maximum absolute atomic E-state index is 12.3. The minimum atomic E-state index is -4.72. The van der Waals surface area contributed by atoms with Gasteiger partial charge in [-0.25, -0.2) is 0 Å². The molecule has 0 spiro atoms. The zero-order valence-corrected chi connectivity index (χ0v) is 14.9. The van der Waals surface area contributed by atoms with Crippen molar-refractivity contribution in [2.24, 2.45) is 0 Å². The third-order valence-electron chi connectivity index (χ3n) is 4.54. The van der Waals surface area contributed by atoms with Crippen molar-refractivity contribution >= 4 is 6.41 Å². The van der Waals surface area contributed by atoms with E-state index in [1.165, 1.54) is 12.1 Å². The number of hydrogen-bond acceptors (Lipinski definition) is 5. The van der Waals surface area contributed by atoms with Gasteiger partial charge in [0.15, 0.2) is 5.82 Å². The van der Waals surface area contributed by atoms with Crippen molar-refractivity contribution in [2.75, 3.05) is 13.1 Å². The molecule has 2 heterocycles. The van der Waals surface area contributed by atoms with E-state index in [9.17, 15) is 18.0 Å². The van der Waals surface area contributed by atoms with Crippen LogP contribution < -0.4 is 4.74 Å². The number of nitrogens with zero attached hydrogens (tertiary/aromatic N) is 3. The van der Waals surface area contributed by atoms with Gasteiger partial charge in [-0.3, -0.25) is 4.79 Å². The highest BCUT2D eigenvalue weighted by molar-refractivity contribution is 5.48. The maximum Gasteiger partial charge on any atom is 0.573 e. The van der Waals surface area contributed by atoms with Crippen LogP contribution in [0.25, 0.3) is 0 Å². The minimum absolute atomic E-state index is 0.0525. The number of amides is 1. The van der Waals surface area contributed by atoms with Crippen LogP contribution in [0.15, 0.2) is 28.8 Å². The van der Waals surface area contributed by atoms with E-state index in [2.05, 4.69) is 14.9 Å². The molecule has 27 heavy (non-hydrogen) atoms. The maximum atomic E-state index is 12.3. The molecule has 1 amide bonds. The monoisotopic (exact) mass is 383 g/mol. The first-order valence-corrected chi connectivity index (χ1v) is 8.63. The van der Waals surface area contributed by atoms with Crippen molar-refractivity contribution in [1.82, 2.24) is 15.0 Å². The second-order valence-corrected chi connectivity index (χ2v) is 6.95. The van der Waals surface area contributed by atoms with Crippen molar-refractivity contribution in [3.63, 3.8) is 0 Å². The Hall–Kier alpha value is -2.58. The predicted octanol–water partition coefficient (Wildman–Crippen LogP) is 3.82. The van der Waals surface area contributed by atoms with Crippen molar-refractivity contribution in [2.45, 2.75) is 44.4 Å². The lowest BCUT2D eigenvalue weighted by Crippen LogP contribution is -2.37. The first kappa shape index (κ1) is 19.2. The van der Waals surface area contributed by atoms with Crippen LogP contribution in [-0.2, 0) is 4.79 Å². The van der Waals surface area contributed by atoms with E-state index < -0.39 is 6.36 Å². The van der Waals surface area contributed by atoms with Crippen LogP contribution in [0, 0.1) is 0 Å². The normalized spacial score (nSPS) is 20.7. The molecule has 1 aliphatic heterocycles. The summed E-state index contributed by atoms with van der Waals surface area (Å²) >= 11 is 0. The SMILES string of the molecule is CC(C)c1noc(C2CC(c3ccc(OC(F)(F)F)cc3)CN(C=O)C2)n1. The standard InChI is InChI=1S/C18H20F3N3O3/c1-11(2)16-22-17(27-23-16)14-7-13(8-24(9-14)10-25)12-3-5-15(6-4-12)26-18(19,20)21/h3-6,10-11,13-14H,7-9H2,1-2H3. The average molecular weight is 383 g/mol. The summed E-state index contributed by atoms with van der Waals surface area (Å²) in [5, 5.41) is 3.97. The van der Waals surface area contributed by atoms with Crippen LogP contribution in [0.3, 0.4) is 0 Å². The number of likely N-dealkylation sites (tertiary alicyclic amines) is 1. The zero-order valence-electron chi connectivity index (χ0n) is 14.9. The molecule has 0 saturated carbocycles. The van der Waals surface area contributed by atoms with Gasteiger partial charge in [0.25, 0.3) is 0 Å². The predicted molar refractivity (Wildman–Crippen MR) is 89.2 cm³/mol. The molecule has 0 aliphatic carbocycles. The molecule has 9 heteroatoms.